The first-order chi connectivity index (χ1) is 20.9. The minimum Gasteiger partial charge on any atom is -0.481 e. The maximum absolute atomic E-state index is 13.7. The Labute approximate surface area is 267 Å². The van der Waals surface area contributed by atoms with Crippen LogP contribution in [0.2, 0.25) is 0 Å². The zero-order chi connectivity index (χ0) is 34.6. The summed E-state index contributed by atoms with van der Waals surface area (Å²) in [5.41, 5.74) is 0. The van der Waals surface area contributed by atoms with Crippen LogP contribution in [0.5, 0.6) is 0 Å². The van der Waals surface area contributed by atoms with Crippen LogP contribution in [0.25, 0.3) is 0 Å². The number of nitrogens with one attached hydrogen (secondary N) is 5. The molecule has 0 aromatic heterocycles. The Kier molecular flexibility index (Phi) is 15.8. The van der Waals surface area contributed by atoms with E-state index in [1.165, 1.54) is 18.7 Å². The molecular weight excluding hydrogens is 612 g/mol. The Bertz CT molecular complexity index is 1140. The van der Waals surface area contributed by atoms with Crippen LogP contribution in [0.1, 0.15) is 67.2 Å². The minimum absolute atomic E-state index is 0.152. The first-order valence-electron chi connectivity index (χ1n) is 14.8. The molecule has 0 spiro atoms. The molecule has 7 atom stereocenters. The molecule has 1 saturated heterocycles. The summed E-state index contributed by atoms with van der Waals surface area (Å²) in [5.74, 6) is -8.00. The minimum atomic E-state index is -1.58. The van der Waals surface area contributed by atoms with Gasteiger partial charge in [-0.05, 0) is 31.6 Å². The first kappa shape index (κ1) is 39.1. The summed E-state index contributed by atoms with van der Waals surface area (Å²) < 4.78 is 0. The topological polar surface area (TPSA) is 240 Å². The Morgan fingerprint density at radius 1 is 0.822 bits per heavy atom. The maximum atomic E-state index is 13.7. The fourth-order valence-electron chi connectivity index (χ4n) is 4.70. The third-order valence-electron chi connectivity index (χ3n) is 7.48. The van der Waals surface area contributed by atoms with Gasteiger partial charge in [0, 0.05) is 19.2 Å². The molecular formula is C28H46N6O10S. The van der Waals surface area contributed by atoms with Gasteiger partial charge in [0.25, 0.3) is 0 Å². The summed E-state index contributed by atoms with van der Waals surface area (Å²) in [6.45, 7) is 9.53. The SMILES string of the molecule is CCC(C)C(NC(=O)C(CC(=O)O)NC(=O)C(C)NC(C)=O)C(=O)NC(C(=O)N1CCCC1C(=O)NC(CS)C(=O)O)C(C)C. The van der Waals surface area contributed by atoms with Crippen LogP contribution < -0.4 is 26.6 Å². The molecule has 0 aromatic rings. The number of carbonyl (C=O) groups excluding carboxylic acids is 6. The second kappa shape index (κ2) is 18.2. The molecule has 0 bridgehead atoms. The van der Waals surface area contributed by atoms with Crippen LogP contribution in [0, 0.1) is 11.8 Å². The smallest absolute Gasteiger partial charge is 0.327 e. The standard InChI is InChI=1S/C28H46N6O10S/c1-7-14(4)22(33-24(39)17(11-20(36)37)30-23(38)15(5)29-16(6)35)26(41)32-21(13(2)3)27(42)34-10-8-9-19(34)25(40)31-18(12-45)28(43)44/h13-15,17-19,21-22,45H,7-12H2,1-6H3,(H,29,35)(H,30,38)(H,31,40)(H,32,41)(H,33,39)(H,36,37)(H,43,44). The lowest BCUT2D eigenvalue weighted by atomic mass is 9.95. The highest BCUT2D eigenvalue weighted by Gasteiger charge is 2.41. The lowest BCUT2D eigenvalue weighted by Gasteiger charge is -2.33. The van der Waals surface area contributed by atoms with E-state index in [0.29, 0.717) is 12.8 Å². The van der Waals surface area contributed by atoms with Gasteiger partial charge >= 0.3 is 11.9 Å². The zero-order valence-electron chi connectivity index (χ0n) is 26.4. The summed E-state index contributed by atoms with van der Waals surface area (Å²) >= 11 is 3.95. The predicted octanol–water partition coefficient (Wildman–Crippen LogP) is -1.37. The largest absolute Gasteiger partial charge is 0.481 e. The van der Waals surface area contributed by atoms with E-state index in [-0.39, 0.29) is 18.7 Å². The number of carboxylic acids is 2. The predicted molar refractivity (Wildman–Crippen MR) is 164 cm³/mol. The van der Waals surface area contributed by atoms with Crippen molar-refractivity contribution in [1.82, 2.24) is 31.5 Å². The van der Waals surface area contributed by atoms with Crippen molar-refractivity contribution in [2.24, 2.45) is 11.8 Å². The Balaban J connectivity index is 3.17. The van der Waals surface area contributed by atoms with Gasteiger partial charge in [-0.1, -0.05) is 34.1 Å². The molecule has 254 valence electrons. The molecule has 0 radical (unpaired) electrons. The number of amides is 6. The summed E-state index contributed by atoms with van der Waals surface area (Å²) in [4.78, 5) is 101. The van der Waals surface area contributed by atoms with Crippen LogP contribution in [-0.4, -0.2) is 111 Å². The summed E-state index contributed by atoms with van der Waals surface area (Å²) in [7, 11) is 0. The van der Waals surface area contributed by atoms with Crippen molar-refractivity contribution < 1.29 is 48.6 Å². The third kappa shape index (κ3) is 11.9. The van der Waals surface area contributed by atoms with E-state index >= 15 is 0 Å². The number of nitrogens with zero attached hydrogens (tertiary/aromatic N) is 1. The molecule has 17 heteroatoms. The summed E-state index contributed by atoms with van der Waals surface area (Å²) in [6.07, 6.45) is 0.362. The number of aliphatic carboxylic acids is 2. The molecule has 1 aliphatic heterocycles. The lowest BCUT2D eigenvalue weighted by Crippen LogP contribution is -2.61. The van der Waals surface area contributed by atoms with E-state index in [1.54, 1.807) is 27.7 Å². The number of rotatable bonds is 17. The molecule has 7 N–H and O–H groups in total. The summed E-state index contributed by atoms with van der Waals surface area (Å²) in [5, 5.41) is 30.8. The van der Waals surface area contributed by atoms with E-state index in [9.17, 15) is 48.6 Å². The normalized spacial score (nSPS) is 18.4. The second-order valence-corrected chi connectivity index (χ2v) is 11.8. The van der Waals surface area contributed by atoms with Gasteiger partial charge in [-0.25, -0.2) is 4.79 Å². The second-order valence-electron chi connectivity index (χ2n) is 11.5. The van der Waals surface area contributed by atoms with Crippen LogP contribution in [0.15, 0.2) is 0 Å². The van der Waals surface area contributed by atoms with E-state index in [1.807, 2.05) is 0 Å². The Morgan fingerprint density at radius 2 is 1.42 bits per heavy atom. The quantitative estimate of drug-likeness (QED) is 0.0853. The van der Waals surface area contributed by atoms with Crippen molar-refractivity contribution in [3.8, 4) is 0 Å². The number of thiol groups is 1. The molecule has 7 unspecified atom stereocenters. The number of hydrogen-bond acceptors (Lipinski definition) is 9. The van der Waals surface area contributed by atoms with Crippen molar-refractivity contribution >= 4 is 60.0 Å². The van der Waals surface area contributed by atoms with E-state index in [4.69, 9.17) is 0 Å². The van der Waals surface area contributed by atoms with Gasteiger partial charge in [0.05, 0.1) is 6.42 Å². The van der Waals surface area contributed by atoms with Gasteiger partial charge in [0.15, 0.2) is 0 Å². The van der Waals surface area contributed by atoms with Gasteiger partial charge in [0.2, 0.25) is 35.4 Å². The average Bonchev–Trinajstić information content (AvgIpc) is 3.45. The monoisotopic (exact) mass is 658 g/mol. The fourth-order valence-corrected chi connectivity index (χ4v) is 4.95. The van der Waals surface area contributed by atoms with Crippen molar-refractivity contribution in [3.63, 3.8) is 0 Å². The molecule has 0 saturated carbocycles. The number of carboxylic acid groups (broad SMARTS) is 2. The average molecular weight is 659 g/mol. The van der Waals surface area contributed by atoms with Crippen molar-refractivity contribution in [2.45, 2.75) is 103 Å². The first-order valence-corrected chi connectivity index (χ1v) is 15.4. The van der Waals surface area contributed by atoms with Crippen molar-refractivity contribution in [1.29, 1.82) is 0 Å². The van der Waals surface area contributed by atoms with Crippen LogP contribution in [-0.2, 0) is 38.4 Å². The molecule has 0 aliphatic carbocycles. The van der Waals surface area contributed by atoms with Crippen molar-refractivity contribution in [3.05, 3.63) is 0 Å². The summed E-state index contributed by atoms with van der Waals surface area (Å²) in [6, 6.07) is -7.21. The van der Waals surface area contributed by atoms with Gasteiger partial charge in [0.1, 0.15) is 36.3 Å². The molecule has 1 aliphatic rings. The fraction of sp³-hybridized carbons (Fsp3) is 0.714. The van der Waals surface area contributed by atoms with Crippen molar-refractivity contribution in [2.75, 3.05) is 12.3 Å². The van der Waals surface area contributed by atoms with Crippen LogP contribution in [0.4, 0.5) is 0 Å². The molecule has 16 nitrogen and oxygen atoms in total. The molecule has 1 fully saturated rings. The lowest BCUT2D eigenvalue weighted by molar-refractivity contribution is -0.145. The number of hydrogen-bond donors (Lipinski definition) is 8. The Morgan fingerprint density at radius 3 is 1.91 bits per heavy atom. The number of likely N-dealkylation sites (tertiary alicyclic amines) is 1. The highest BCUT2D eigenvalue weighted by Crippen LogP contribution is 2.21. The van der Waals surface area contributed by atoms with Gasteiger partial charge < -0.3 is 41.7 Å². The van der Waals surface area contributed by atoms with E-state index in [0.717, 1.165) is 0 Å². The van der Waals surface area contributed by atoms with Gasteiger partial charge in [-0.15, -0.1) is 0 Å². The molecule has 0 aromatic carbocycles. The highest BCUT2D eigenvalue weighted by molar-refractivity contribution is 7.80. The highest BCUT2D eigenvalue weighted by atomic mass is 32.1. The maximum Gasteiger partial charge on any atom is 0.327 e. The number of carbonyl (C=O) groups is 8. The molecule has 1 heterocycles. The third-order valence-corrected chi connectivity index (χ3v) is 7.85. The van der Waals surface area contributed by atoms with Gasteiger partial charge in [-0.3, -0.25) is 33.6 Å². The molecule has 45 heavy (non-hydrogen) atoms. The Hall–Kier alpha value is -3.89. The van der Waals surface area contributed by atoms with E-state index < -0.39 is 102 Å². The van der Waals surface area contributed by atoms with Gasteiger partial charge in [-0.2, -0.15) is 12.6 Å². The molecule has 6 amide bonds. The molecule has 1 rings (SSSR count). The van der Waals surface area contributed by atoms with Crippen LogP contribution in [0.3, 0.4) is 0 Å². The zero-order valence-corrected chi connectivity index (χ0v) is 27.3. The van der Waals surface area contributed by atoms with Crippen LogP contribution >= 0.6 is 12.6 Å². The van der Waals surface area contributed by atoms with E-state index in [2.05, 4.69) is 39.2 Å².